The van der Waals surface area contributed by atoms with E-state index in [1.54, 1.807) is 0 Å². The zero-order valence-electron chi connectivity index (χ0n) is 3.76. The average molecular weight is 162 g/mol. The monoisotopic (exact) mass is 161 g/mol. The molecule has 0 aromatic carbocycles. The van der Waals surface area contributed by atoms with Crippen molar-refractivity contribution in [3.63, 3.8) is 0 Å². The molecular weight excluding hydrogens is 158 g/mol. The molecule has 0 heterocycles. The molecule has 0 aliphatic rings. The third-order valence-electron chi connectivity index (χ3n) is 0.283. The average Bonchev–Trinajstić information content (AvgIpc) is 1.35. The van der Waals surface area contributed by atoms with Crippen molar-refractivity contribution in [1.82, 2.24) is 0 Å². The van der Waals surface area contributed by atoms with Crippen LogP contribution in [-0.4, -0.2) is 6.18 Å². The summed E-state index contributed by atoms with van der Waals surface area (Å²) < 4.78 is 32.2. The fraction of sp³-hybridized carbons (Fsp3) is 0.667. The Kier molecular flexibility index (Phi) is 5.08. The van der Waals surface area contributed by atoms with Crippen LogP contribution in [0.4, 0.5) is 13.2 Å². The van der Waals surface area contributed by atoms with Gasteiger partial charge in [0.25, 0.3) is 0 Å². The van der Waals surface area contributed by atoms with Crippen LogP contribution in [0.25, 0.3) is 0 Å². The summed E-state index contributed by atoms with van der Waals surface area (Å²) >= 11 is 0. The molecule has 0 amide bonds. The van der Waals surface area contributed by atoms with Gasteiger partial charge in [-0.15, -0.1) is 0 Å². The number of hydrogen-bond acceptors (Lipinski definition) is 0. The van der Waals surface area contributed by atoms with E-state index in [9.17, 15) is 13.2 Å². The quantitative estimate of drug-likeness (QED) is 0.476. The molecule has 0 aliphatic heterocycles. The van der Waals surface area contributed by atoms with Gasteiger partial charge in [0.1, 0.15) is 0 Å². The normalized spacial score (nSPS) is 10.3. The van der Waals surface area contributed by atoms with E-state index in [-0.39, 0.29) is 19.5 Å². The Labute approximate surface area is 52.8 Å². The van der Waals surface area contributed by atoms with Gasteiger partial charge in [-0.2, -0.15) is 13.2 Å². The molecule has 0 bridgehead atoms. The van der Waals surface area contributed by atoms with Crippen molar-refractivity contribution < 1.29 is 32.6 Å². The standard InChI is InChI=1S/C3H4F3.Zn/c1-2-3(4,5)6;/h1-2H2;. The van der Waals surface area contributed by atoms with Crippen LogP contribution in [0, 0.1) is 6.92 Å². The molecule has 1 radical (unpaired) electrons. The van der Waals surface area contributed by atoms with E-state index in [0.717, 1.165) is 0 Å². The Hall–Kier alpha value is 0.413. The summed E-state index contributed by atoms with van der Waals surface area (Å²) in [6.07, 6.45) is -5.05. The zero-order chi connectivity index (χ0) is 5.21. The molecule has 7 heavy (non-hydrogen) atoms. The van der Waals surface area contributed by atoms with Crippen LogP contribution in [-0.2, 0) is 19.5 Å². The summed E-state index contributed by atoms with van der Waals surface area (Å²) in [6.45, 7) is 2.63. The second kappa shape index (κ2) is 3.42. The first-order valence-electron chi connectivity index (χ1n) is 1.42. The molecule has 0 nitrogen and oxygen atoms in total. The molecule has 0 saturated carbocycles. The van der Waals surface area contributed by atoms with E-state index in [2.05, 4.69) is 6.92 Å². The van der Waals surface area contributed by atoms with Crippen LogP contribution in [0.3, 0.4) is 0 Å². The van der Waals surface area contributed by atoms with Crippen molar-refractivity contribution in [3.05, 3.63) is 6.92 Å². The van der Waals surface area contributed by atoms with Crippen molar-refractivity contribution in [3.8, 4) is 0 Å². The van der Waals surface area contributed by atoms with Crippen molar-refractivity contribution in [2.45, 2.75) is 12.6 Å². The van der Waals surface area contributed by atoms with Crippen LogP contribution < -0.4 is 0 Å². The smallest absolute Gasteiger partial charge is 0.171 e. The third kappa shape index (κ3) is 10.7. The Bertz CT molecular complexity index is 39.9. The maximum atomic E-state index is 10.7. The molecule has 4 heteroatoms. The van der Waals surface area contributed by atoms with Crippen LogP contribution in [0.1, 0.15) is 6.42 Å². The van der Waals surface area contributed by atoms with Gasteiger partial charge in [0, 0.05) is 25.9 Å². The fourth-order valence-electron chi connectivity index (χ4n) is 0. The van der Waals surface area contributed by atoms with E-state index in [0.29, 0.717) is 0 Å². The first kappa shape index (κ1) is 10.4. The molecular formula is C3H4F3Zn. The van der Waals surface area contributed by atoms with Gasteiger partial charge in [-0.1, -0.05) is 0 Å². The number of hydrogen-bond donors (Lipinski definition) is 0. The Morgan fingerprint density at radius 3 is 1.43 bits per heavy atom. The van der Waals surface area contributed by atoms with Gasteiger partial charge < -0.3 is 0 Å². The Morgan fingerprint density at radius 2 is 1.43 bits per heavy atom. The molecule has 0 unspecified atom stereocenters. The SMILES string of the molecule is [CH2]CC(F)(F)F.[Zn]. The van der Waals surface area contributed by atoms with Gasteiger partial charge in [-0.05, 0) is 6.92 Å². The molecule has 0 aromatic heterocycles. The first-order chi connectivity index (χ1) is 2.56. The van der Waals surface area contributed by atoms with Gasteiger partial charge in [0.2, 0.25) is 0 Å². The van der Waals surface area contributed by atoms with Crippen molar-refractivity contribution in [2.24, 2.45) is 0 Å². The summed E-state index contributed by atoms with van der Waals surface area (Å²) in [6, 6.07) is 0. The van der Waals surface area contributed by atoms with E-state index >= 15 is 0 Å². The molecule has 0 N–H and O–H groups in total. The Morgan fingerprint density at radius 1 is 1.29 bits per heavy atom. The second-order valence-corrected chi connectivity index (χ2v) is 0.865. The van der Waals surface area contributed by atoms with Crippen LogP contribution in [0.5, 0.6) is 0 Å². The predicted molar refractivity (Wildman–Crippen MR) is 16.0 cm³/mol. The maximum Gasteiger partial charge on any atom is 0.389 e. The Balaban J connectivity index is 0. The fourth-order valence-corrected chi connectivity index (χ4v) is 0. The van der Waals surface area contributed by atoms with E-state index < -0.39 is 12.6 Å². The largest absolute Gasteiger partial charge is 0.389 e. The summed E-state index contributed by atoms with van der Waals surface area (Å²) in [5, 5.41) is 0. The molecule has 0 aliphatic carbocycles. The van der Waals surface area contributed by atoms with Gasteiger partial charge in [0.05, 0.1) is 0 Å². The summed E-state index contributed by atoms with van der Waals surface area (Å²) in [5.74, 6) is 0. The molecule has 0 fully saturated rings. The topological polar surface area (TPSA) is 0 Å². The van der Waals surface area contributed by atoms with Crippen LogP contribution >= 0.6 is 0 Å². The van der Waals surface area contributed by atoms with Crippen LogP contribution in [0.15, 0.2) is 0 Å². The first-order valence-corrected chi connectivity index (χ1v) is 1.42. The maximum absolute atomic E-state index is 10.7. The minimum absolute atomic E-state index is 0. The zero-order valence-corrected chi connectivity index (χ0v) is 6.72. The van der Waals surface area contributed by atoms with Gasteiger partial charge in [-0.3, -0.25) is 0 Å². The van der Waals surface area contributed by atoms with E-state index in [1.165, 1.54) is 0 Å². The molecule has 39 valence electrons. The van der Waals surface area contributed by atoms with Gasteiger partial charge in [0.15, 0.2) is 0 Å². The number of rotatable bonds is 0. The molecule has 0 aromatic rings. The number of alkyl halides is 3. The van der Waals surface area contributed by atoms with Crippen LogP contribution in [0.2, 0.25) is 0 Å². The molecule has 0 atom stereocenters. The summed E-state index contributed by atoms with van der Waals surface area (Å²) in [5.41, 5.74) is 0. The number of halogens is 3. The molecule has 0 spiro atoms. The molecule has 0 saturated heterocycles. The van der Waals surface area contributed by atoms with Crippen molar-refractivity contribution >= 4 is 0 Å². The predicted octanol–water partition coefficient (Wildman–Crippen LogP) is 1.77. The minimum atomic E-state index is -4.07. The van der Waals surface area contributed by atoms with Crippen molar-refractivity contribution in [1.29, 1.82) is 0 Å². The summed E-state index contributed by atoms with van der Waals surface area (Å²) in [7, 11) is 0. The summed E-state index contributed by atoms with van der Waals surface area (Å²) in [4.78, 5) is 0. The molecule has 0 rings (SSSR count). The van der Waals surface area contributed by atoms with Crippen molar-refractivity contribution in [2.75, 3.05) is 0 Å². The third-order valence-corrected chi connectivity index (χ3v) is 0.283. The second-order valence-electron chi connectivity index (χ2n) is 0.865. The minimum Gasteiger partial charge on any atom is -0.171 e. The van der Waals surface area contributed by atoms with E-state index in [4.69, 9.17) is 0 Å². The van der Waals surface area contributed by atoms with Gasteiger partial charge in [-0.25, -0.2) is 0 Å². The van der Waals surface area contributed by atoms with E-state index in [1.807, 2.05) is 0 Å². The van der Waals surface area contributed by atoms with Gasteiger partial charge >= 0.3 is 6.18 Å².